The summed E-state index contributed by atoms with van der Waals surface area (Å²) in [5.41, 5.74) is 2.24. The maximum atomic E-state index is 6.33. The summed E-state index contributed by atoms with van der Waals surface area (Å²) in [6, 6.07) is 14.1. The van der Waals surface area contributed by atoms with Crippen LogP contribution in [0, 0.1) is 0 Å². The Balaban J connectivity index is 1.29. The summed E-state index contributed by atoms with van der Waals surface area (Å²) < 4.78 is 0. The van der Waals surface area contributed by atoms with E-state index in [1.807, 2.05) is 43.6 Å². The van der Waals surface area contributed by atoms with Crippen LogP contribution in [0.1, 0.15) is 12.1 Å². The Labute approximate surface area is 179 Å². The van der Waals surface area contributed by atoms with E-state index >= 15 is 0 Å². The first-order valence-electron chi connectivity index (χ1n) is 10.3. The molecular weight excluding hydrogens is 384 g/mol. The summed E-state index contributed by atoms with van der Waals surface area (Å²) in [6.07, 6.45) is 3.81. The zero-order valence-corrected chi connectivity index (χ0v) is 17.9. The molecule has 0 spiro atoms. The summed E-state index contributed by atoms with van der Waals surface area (Å²) in [4.78, 5) is 13.5. The van der Waals surface area contributed by atoms with Gasteiger partial charge in [0.1, 0.15) is 0 Å². The number of benzene rings is 1. The van der Waals surface area contributed by atoms with Crippen LogP contribution in [-0.4, -0.2) is 68.7 Å². The summed E-state index contributed by atoms with van der Waals surface area (Å²) in [6.45, 7) is 7.01. The first kappa shape index (κ1) is 21.4. The van der Waals surface area contributed by atoms with Gasteiger partial charge in [0.2, 0.25) is 0 Å². The van der Waals surface area contributed by atoms with Crippen molar-refractivity contribution in [2.24, 2.45) is 4.99 Å². The number of hydrogen-bond donors (Lipinski definition) is 2. The van der Waals surface area contributed by atoms with Crippen molar-refractivity contribution in [1.29, 1.82) is 0 Å². The number of guanidine groups is 1. The maximum absolute atomic E-state index is 6.33. The topological polar surface area (TPSA) is 55.8 Å². The van der Waals surface area contributed by atoms with Gasteiger partial charge in [-0.25, -0.2) is 0 Å². The van der Waals surface area contributed by atoms with Crippen molar-refractivity contribution in [2.45, 2.75) is 12.8 Å². The number of rotatable bonds is 8. The molecule has 0 saturated carbocycles. The zero-order chi connectivity index (χ0) is 20.3. The van der Waals surface area contributed by atoms with Gasteiger partial charge in [0, 0.05) is 64.6 Å². The molecular formula is C22H31ClN6. The average Bonchev–Trinajstić information content (AvgIpc) is 2.77. The van der Waals surface area contributed by atoms with E-state index in [1.54, 1.807) is 0 Å². The highest BCUT2D eigenvalue weighted by molar-refractivity contribution is 6.33. The first-order valence-corrected chi connectivity index (χ1v) is 10.7. The van der Waals surface area contributed by atoms with Crippen molar-refractivity contribution in [3.05, 3.63) is 59.4 Å². The van der Waals surface area contributed by atoms with Crippen molar-refractivity contribution in [1.82, 2.24) is 20.5 Å². The fourth-order valence-corrected chi connectivity index (χ4v) is 3.76. The molecule has 156 valence electrons. The van der Waals surface area contributed by atoms with Crippen LogP contribution >= 0.6 is 11.6 Å². The number of para-hydroxylation sites is 1. The molecule has 1 saturated heterocycles. The SMILES string of the molecule is CN=C(NCCCN1CCN(c2ccccc2Cl)CC1)NCCc1ccccn1. The Hall–Kier alpha value is -2.31. The Bertz CT molecular complexity index is 759. The number of anilines is 1. The Morgan fingerprint density at radius 2 is 1.79 bits per heavy atom. The fourth-order valence-electron chi connectivity index (χ4n) is 3.51. The van der Waals surface area contributed by atoms with Crippen LogP contribution in [0.4, 0.5) is 5.69 Å². The van der Waals surface area contributed by atoms with Gasteiger partial charge in [-0.05, 0) is 37.2 Å². The van der Waals surface area contributed by atoms with Gasteiger partial charge >= 0.3 is 0 Å². The molecule has 0 aliphatic carbocycles. The molecule has 3 rings (SSSR count). The summed E-state index contributed by atoms with van der Waals surface area (Å²) in [5.74, 6) is 0.851. The zero-order valence-electron chi connectivity index (χ0n) is 17.1. The van der Waals surface area contributed by atoms with Crippen LogP contribution < -0.4 is 15.5 Å². The van der Waals surface area contributed by atoms with Crippen molar-refractivity contribution >= 4 is 23.2 Å². The van der Waals surface area contributed by atoms with Gasteiger partial charge in [-0.3, -0.25) is 14.9 Å². The van der Waals surface area contributed by atoms with Gasteiger partial charge in [0.05, 0.1) is 10.7 Å². The summed E-state index contributed by atoms with van der Waals surface area (Å²) in [5, 5.41) is 7.59. The molecule has 2 N–H and O–H groups in total. The second kappa shape index (κ2) is 11.6. The monoisotopic (exact) mass is 414 g/mol. The second-order valence-electron chi connectivity index (χ2n) is 7.13. The quantitative estimate of drug-likeness (QED) is 0.395. The molecule has 29 heavy (non-hydrogen) atoms. The lowest BCUT2D eigenvalue weighted by Crippen LogP contribution is -2.47. The fraction of sp³-hybridized carbons (Fsp3) is 0.455. The number of halogens is 1. The van der Waals surface area contributed by atoms with Crippen molar-refractivity contribution in [2.75, 3.05) is 57.8 Å². The van der Waals surface area contributed by atoms with Gasteiger partial charge in [0.15, 0.2) is 5.96 Å². The van der Waals surface area contributed by atoms with Crippen LogP contribution in [-0.2, 0) is 6.42 Å². The highest BCUT2D eigenvalue weighted by atomic mass is 35.5. The summed E-state index contributed by atoms with van der Waals surface area (Å²) in [7, 11) is 1.81. The predicted octanol–water partition coefficient (Wildman–Crippen LogP) is 2.65. The van der Waals surface area contributed by atoms with E-state index in [0.29, 0.717) is 0 Å². The van der Waals surface area contributed by atoms with E-state index in [4.69, 9.17) is 11.6 Å². The lowest BCUT2D eigenvalue weighted by atomic mass is 10.2. The van der Waals surface area contributed by atoms with E-state index in [-0.39, 0.29) is 0 Å². The molecule has 0 amide bonds. The summed E-state index contributed by atoms with van der Waals surface area (Å²) >= 11 is 6.33. The van der Waals surface area contributed by atoms with E-state index in [0.717, 1.165) is 81.0 Å². The normalized spacial score (nSPS) is 15.4. The van der Waals surface area contributed by atoms with E-state index in [1.165, 1.54) is 0 Å². The molecule has 2 heterocycles. The molecule has 0 unspecified atom stereocenters. The number of aromatic nitrogens is 1. The molecule has 0 atom stereocenters. The number of aliphatic imine (C=N–C) groups is 1. The minimum absolute atomic E-state index is 0.820. The average molecular weight is 415 g/mol. The number of nitrogens with zero attached hydrogens (tertiary/aromatic N) is 4. The minimum Gasteiger partial charge on any atom is -0.368 e. The van der Waals surface area contributed by atoms with Crippen molar-refractivity contribution in [3.8, 4) is 0 Å². The van der Waals surface area contributed by atoms with Crippen LogP contribution in [0.5, 0.6) is 0 Å². The minimum atomic E-state index is 0.820. The van der Waals surface area contributed by atoms with Gasteiger partial charge in [-0.1, -0.05) is 29.8 Å². The number of nitrogens with one attached hydrogen (secondary N) is 2. The van der Waals surface area contributed by atoms with Gasteiger partial charge in [-0.2, -0.15) is 0 Å². The standard InChI is InChI=1S/C22H31ClN6/c1-24-22(27-13-10-19-7-4-5-11-25-19)26-12-6-14-28-15-17-29(18-16-28)21-9-3-2-8-20(21)23/h2-5,7-9,11H,6,10,12-18H2,1H3,(H2,24,26,27). The van der Waals surface area contributed by atoms with Crippen LogP contribution in [0.25, 0.3) is 0 Å². The second-order valence-corrected chi connectivity index (χ2v) is 7.54. The van der Waals surface area contributed by atoms with Gasteiger partial charge in [-0.15, -0.1) is 0 Å². The first-order chi connectivity index (χ1) is 14.3. The van der Waals surface area contributed by atoms with E-state index in [9.17, 15) is 0 Å². The highest BCUT2D eigenvalue weighted by Gasteiger charge is 2.18. The maximum Gasteiger partial charge on any atom is 0.190 e. The molecule has 0 radical (unpaired) electrons. The van der Waals surface area contributed by atoms with Crippen LogP contribution in [0.3, 0.4) is 0 Å². The molecule has 1 aliphatic heterocycles. The Morgan fingerprint density at radius 1 is 1.03 bits per heavy atom. The highest BCUT2D eigenvalue weighted by Crippen LogP contribution is 2.25. The number of hydrogen-bond acceptors (Lipinski definition) is 4. The van der Waals surface area contributed by atoms with Crippen molar-refractivity contribution < 1.29 is 0 Å². The Kier molecular flexibility index (Phi) is 8.58. The molecule has 1 aromatic heterocycles. The molecule has 1 aliphatic rings. The smallest absolute Gasteiger partial charge is 0.190 e. The molecule has 6 nitrogen and oxygen atoms in total. The number of pyridine rings is 1. The van der Waals surface area contributed by atoms with Crippen LogP contribution in [0.2, 0.25) is 5.02 Å². The number of piperazine rings is 1. The van der Waals surface area contributed by atoms with Gasteiger partial charge in [0.25, 0.3) is 0 Å². The molecule has 2 aromatic rings. The van der Waals surface area contributed by atoms with E-state index in [2.05, 4.69) is 42.5 Å². The molecule has 1 aromatic carbocycles. The molecule has 0 bridgehead atoms. The largest absolute Gasteiger partial charge is 0.368 e. The lowest BCUT2D eigenvalue weighted by molar-refractivity contribution is 0.255. The Morgan fingerprint density at radius 3 is 2.52 bits per heavy atom. The third-order valence-corrected chi connectivity index (χ3v) is 5.45. The molecule has 1 fully saturated rings. The molecule has 7 heteroatoms. The predicted molar refractivity (Wildman–Crippen MR) is 122 cm³/mol. The lowest BCUT2D eigenvalue weighted by Gasteiger charge is -2.36. The van der Waals surface area contributed by atoms with Gasteiger partial charge < -0.3 is 15.5 Å². The third-order valence-electron chi connectivity index (χ3n) is 5.13. The van der Waals surface area contributed by atoms with E-state index < -0.39 is 0 Å². The third kappa shape index (κ3) is 6.91. The van der Waals surface area contributed by atoms with Crippen LogP contribution in [0.15, 0.2) is 53.7 Å². The van der Waals surface area contributed by atoms with Crippen molar-refractivity contribution in [3.63, 3.8) is 0 Å².